The Morgan fingerprint density at radius 1 is 1.39 bits per heavy atom. The van der Waals surface area contributed by atoms with Gasteiger partial charge in [0.2, 0.25) is 10.0 Å². The quantitative estimate of drug-likeness (QED) is 0.784. The summed E-state index contributed by atoms with van der Waals surface area (Å²) in [5.41, 5.74) is 0.738. The Hall–Kier alpha value is -0.290. The van der Waals surface area contributed by atoms with Gasteiger partial charge >= 0.3 is 0 Å². The van der Waals surface area contributed by atoms with Crippen molar-refractivity contribution in [3.8, 4) is 0 Å². The second kappa shape index (κ2) is 5.37. The highest BCUT2D eigenvalue weighted by atomic mass is 35.5. The third kappa shape index (κ3) is 2.99. The van der Waals surface area contributed by atoms with Crippen molar-refractivity contribution in [3.63, 3.8) is 0 Å². The Morgan fingerprint density at radius 2 is 2.06 bits per heavy atom. The Labute approximate surface area is 118 Å². The van der Waals surface area contributed by atoms with E-state index in [4.69, 9.17) is 23.2 Å². The van der Waals surface area contributed by atoms with E-state index in [0.29, 0.717) is 17.5 Å². The fraction of sp³-hybridized carbons (Fsp3) is 0.500. The van der Waals surface area contributed by atoms with Crippen LogP contribution in [0.5, 0.6) is 0 Å². The maximum absolute atomic E-state index is 12.3. The number of rotatable bonds is 5. The van der Waals surface area contributed by atoms with E-state index in [2.05, 4.69) is 0 Å². The molecule has 1 aromatic rings. The molecule has 1 saturated carbocycles. The van der Waals surface area contributed by atoms with Gasteiger partial charge in [0, 0.05) is 24.5 Å². The first-order chi connectivity index (χ1) is 8.45. The highest BCUT2D eigenvalue weighted by molar-refractivity contribution is 7.89. The van der Waals surface area contributed by atoms with Gasteiger partial charge in [0.25, 0.3) is 0 Å². The summed E-state index contributed by atoms with van der Waals surface area (Å²) in [6.07, 6.45) is 2.23. The standard InChI is InChI=1S/C12H15Cl2NO2S/c1-15(8-9-2-3-9)18(16,17)11-5-4-10(7-13)12(14)6-11/h4-6,9H,2-3,7-8H2,1H3. The van der Waals surface area contributed by atoms with Crippen LogP contribution in [0, 0.1) is 5.92 Å². The molecule has 2 rings (SSSR count). The van der Waals surface area contributed by atoms with Crippen LogP contribution in [0.2, 0.25) is 5.02 Å². The molecule has 18 heavy (non-hydrogen) atoms. The van der Waals surface area contributed by atoms with Crippen LogP contribution in [0.25, 0.3) is 0 Å². The summed E-state index contributed by atoms with van der Waals surface area (Å²) >= 11 is 11.7. The number of nitrogens with zero attached hydrogens (tertiary/aromatic N) is 1. The number of alkyl halides is 1. The Kier molecular flexibility index (Phi) is 4.22. The monoisotopic (exact) mass is 307 g/mol. The molecule has 0 spiro atoms. The second-order valence-electron chi connectivity index (χ2n) is 4.62. The zero-order valence-corrected chi connectivity index (χ0v) is 12.4. The third-order valence-electron chi connectivity index (χ3n) is 3.09. The van der Waals surface area contributed by atoms with Crippen LogP contribution in [-0.2, 0) is 15.9 Å². The van der Waals surface area contributed by atoms with Gasteiger partial charge in [-0.1, -0.05) is 17.7 Å². The highest BCUT2D eigenvalue weighted by Gasteiger charge is 2.29. The van der Waals surface area contributed by atoms with Crippen molar-refractivity contribution in [1.29, 1.82) is 0 Å². The SMILES string of the molecule is CN(CC1CC1)S(=O)(=O)c1ccc(CCl)c(Cl)c1. The summed E-state index contributed by atoms with van der Waals surface area (Å²) in [7, 11) is -1.83. The molecule has 6 heteroatoms. The van der Waals surface area contributed by atoms with Crippen LogP contribution in [0.4, 0.5) is 0 Å². The molecule has 0 heterocycles. The van der Waals surface area contributed by atoms with E-state index in [0.717, 1.165) is 18.4 Å². The topological polar surface area (TPSA) is 37.4 Å². The molecule has 3 nitrogen and oxygen atoms in total. The van der Waals surface area contributed by atoms with Crippen molar-refractivity contribution < 1.29 is 8.42 Å². The van der Waals surface area contributed by atoms with E-state index >= 15 is 0 Å². The summed E-state index contributed by atoms with van der Waals surface area (Å²) in [5, 5.41) is 0.394. The van der Waals surface area contributed by atoms with Crippen LogP contribution in [0.15, 0.2) is 23.1 Å². The number of hydrogen-bond donors (Lipinski definition) is 0. The predicted molar refractivity (Wildman–Crippen MR) is 73.5 cm³/mol. The first-order valence-corrected chi connectivity index (χ1v) is 8.11. The molecule has 0 amide bonds. The van der Waals surface area contributed by atoms with Crippen molar-refractivity contribution in [1.82, 2.24) is 4.31 Å². The smallest absolute Gasteiger partial charge is 0.207 e. The van der Waals surface area contributed by atoms with E-state index in [1.165, 1.54) is 10.4 Å². The van der Waals surface area contributed by atoms with Gasteiger partial charge in [-0.25, -0.2) is 12.7 Å². The fourth-order valence-corrected chi connectivity index (χ4v) is 3.63. The van der Waals surface area contributed by atoms with Gasteiger partial charge in [-0.15, -0.1) is 11.6 Å². The summed E-state index contributed by atoms with van der Waals surface area (Å²) in [6.45, 7) is 0.581. The molecule has 1 fully saturated rings. The van der Waals surface area contributed by atoms with Crippen LogP contribution < -0.4 is 0 Å². The number of halogens is 2. The van der Waals surface area contributed by atoms with Gasteiger partial charge < -0.3 is 0 Å². The lowest BCUT2D eigenvalue weighted by Gasteiger charge is -2.17. The molecule has 0 aromatic heterocycles. The van der Waals surface area contributed by atoms with E-state index in [9.17, 15) is 8.42 Å². The van der Waals surface area contributed by atoms with E-state index < -0.39 is 10.0 Å². The van der Waals surface area contributed by atoms with E-state index in [-0.39, 0.29) is 10.8 Å². The largest absolute Gasteiger partial charge is 0.242 e. The van der Waals surface area contributed by atoms with Crippen LogP contribution in [-0.4, -0.2) is 26.3 Å². The predicted octanol–water partition coefficient (Wildman–Crippen LogP) is 3.11. The molecule has 0 radical (unpaired) electrons. The minimum Gasteiger partial charge on any atom is -0.207 e. The average molecular weight is 308 g/mol. The molecule has 1 aliphatic carbocycles. The van der Waals surface area contributed by atoms with Gasteiger partial charge in [-0.05, 0) is 36.5 Å². The summed E-state index contributed by atoms with van der Waals surface area (Å²) in [4.78, 5) is 0.226. The van der Waals surface area contributed by atoms with Crippen molar-refractivity contribution in [2.75, 3.05) is 13.6 Å². The van der Waals surface area contributed by atoms with Gasteiger partial charge in [0.05, 0.1) is 4.90 Å². The summed E-state index contributed by atoms with van der Waals surface area (Å²) < 4.78 is 26.0. The fourth-order valence-electron chi connectivity index (χ4n) is 1.74. The average Bonchev–Trinajstić information content (AvgIpc) is 3.12. The van der Waals surface area contributed by atoms with Gasteiger partial charge in [-0.2, -0.15) is 0 Å². The van der Waals surface area contributed by atoms with Gasteiger partial charge in [-0.3, -0.25) is 0 Å². The lowest BCUT2D eigenvalue weighted by atomic mass is 10.2. The third-order valence-corrected chi connectivity index (χ3v) is 5.55. The molecule has 0 aliphatic heterocycles. The summed E-state index contributed by atoms with van der Waals surface area (Å²) in [6, 6.07) is 4.69. The molecular weight excluding hydrogens is 293 g/mol. The molecule has 0 atom stereocenters. The minimum atomic E-state index is -3.44. The lowest BCUT2D eigenvalue weighted by molar-refractivity contribution is 0.453. The molecule has 0 unspecified atom stereocenters. The molecular formula is C12H15Cl2NO2S. The minimum absolute atomic E-state index is 0.226. The molecule has 0 saturated heterocycles. The van der Waals surface area contributed by atoms with Crippen LogP contribution in [0.3, 0.4) is 0 Å². The zero-order chi connectivity index (χ0) is 13.3. The van der Waals surface area contributed by atoms with Crippen LogP contribution >= 0.6 is 23.2 Å². The van der Waals surface area contributed by atoms with Crippen molar-refractivity contribution in [2.24, 2.45) is 5.92 Å². The van der Waals surface area contributed by atoms with Gasteiger partial charge in [0.1, 0.15) is 0 Å². The zero-order valence-electron chi connectivity index (χ0n) is 10.1. The van der Waals surface area contributed by atoms with E-state index in [1.807, 2.05) is 0 Å². The van der Waals surface area contributed by atoms with Crippen molar-refractivity contribution in [3.05, 3.63) is 28.8 Å². The normalized spacial score (nSPS) is 16.2. The first-order valence-electron chi connectivity index (χ1n) is 5.76. The first kappa shape index (κ1) is 14.1. The maximum atomic E-state index is 12.3. The molecule has 1 aliphatic rings. The van der Waals surface area contributed by atoms with Crippen molar-refractivity contribution in [2.45, 2.75) is 23.6 Å². The molecule has 1 aromatic carbocycles. The lowest BCUT2D eigenvalue weighted by Crippen LogP contribution is -2.28. The Balaban J connectivity index is 2.25. The van der Waals surface area contributed by atoms with Crippen LogP contribution in [0.1, 0.15) is 18.4 Å². The molecule has 0 bridgehead atoms. The summed E-state index contributed by atoms with van der Waals surface area (Å²) in [5.74, 6) is 0.791. The number of benzene rings is 1. The van der Waals surface area contributed by atoms with E-state index in [1.54, 1.807) is 19.2 Å². The Morgan fingerprint density at radius 3 is 2.56 bits per heavy atom. The Bertz CT molecular complexity index is 541. The number of hydrogen-bond acceptors (Lipinski definition) is 2. The van der Waals surface area contributed by atoms with Gasteiger partial charge in [0.15, 0.2) is 0 Å². The maximum Gasteiger partial charge on any atom is 0.242 e. The molecule has 100 valence electrons. The number of sulfonamides is 1. The van der Waals surface area contributed by atoms with Crippen molar-refractivity contribution >= 4 is 33.2 Å². The second-order valence-corrected chi connectivity index (χ2v) is 7.34. The highest BCUT2D eigenvalue weighted by Crippen LogP contribution is 2.31. The molecule has 0 N–H and O–H groups in total.